The van der Waals surface area contributed by atoms with Crippen molar-refractivity contribution in [3.05, 3.63) is 28.3 Å². The Bertz CT molecular complexity index is 573. The molecule has 0 heterocycles. The molecule has 1 rings (SSSR count). The van der Waals surface area contributed by atoms with Gasteiger partial charge < -0.3 is 5.43 Å². The molecule has 0 saturated heterocycles. The summed E-state index contributed by atoms with van der Waals surface area (Å²) in [7, 11) is -2.21. The van der Waals surface area contributed by atoms with E-state index in [1.165, 1.54) is 17.4 Å². The highest BCUT2D eigenvalue weighted by molar-refractivity contribution is 7.89. The van der Waals surface area contributed by atoms with Crippen molar-refractivity contribution in [3.8, 4) is 0 Å². The Labute approximate surface area is 111 Å². The van der Waals surface area contributed by atoms with Crippen molar-refractivity contribution >= 4 is 21.4 Å². The lowest BCUT2D eigenvalue weighted by Crippen LogP contribution is -2.27. The number of hydrazine groups is 1. The van der Waals surface area contributed by atoms with Crippen LogP contribution in [-0.4, -0.2) is 31.2 Å². The van der Waals surface area contributed by atoms with E-state index in [1.807, 2.05) is 6.92 Å². The van der Waals surface area contributed by atoms with E-state index in [0.29, 0.717) is 13.0 Å². The van der Waals surface area contributed by atoms with Crippen molar-refractivity contribution in [2.45, 2.75) is 18.2 Å². The number of nitrogens with zero attached hydrogens (tertiary/aromatic N) is 2. The fourth-order valence-corrected chi connectivity index (χ4v) is 2.86. The minimum atomic E-state index is -3.66. The molecule has 0 unspecified atom stereocenters. The van der Waals surface area contributed by atoms with E-state index in [4.69, 9.17) is 5.84 Å². The molecule has 9 heteroatoms. The van der Waals surface area contributed by atoms with Gasteiger partial charge >= 0.3 is 0 Å². The van der Waals surface area contributed by atoms with Crippen molar-refractivity contribution < 1.29 is 13.3 Å². The van der Waals surface area contributed by atoms with E-state index in [-0.39, 0.29) is 16.3 Å². The Morgan fingerprint density at radius 2 is 2.11 bits per heavy atom. The van der Waals surface area contributed by atoms with Crippen LogP contribution >= 0.6 is 0 Å². The molecule has 1 aromatic rings. The summed E-state index contributed by atoms with van der Waals surface area (Å²) in [5, 5.41) is 10.7. The van der Waals surface area contributed by atoms with Gasteiger partial charge in [0.1, 0.15) is 5.69 Å². The van der Waals surface area contributed by atoms with Crippen LogP contribution in [0.25, 0.3) is 0 Å². The normalized spacial score (nSPS) is 11.6. The molecule has 0 radical (unpaired) electrons. The fraction of sp³-hybridized carbons (Fsp3) is 0.400. The minimum Gasteiger partial charge on any atom is -0.318 e. The second-order valence-electron chi connectivity index (χ2n) is 3.91. The van der Waals surface area contributed by atoms with Gasteiger partial charge in [0.15, 0.2) is 0 Å². The SMILES string of the molecule is CCCN(C)S(=O)(=O)c1ccc([N+](=O)[O-])c(NN)c1. The average molecular weight is 288 g/mol. The van der Waals surface area contributed by atoms with Crippen molar-refractivity contribution in [1.29, 1.82) is 0 Å². The van der Waals surface area contributed by atoms with E-state index in [1.54, 1.807) is 0 Å². The molecule has 0 atom stereocenters. The highest BCUT2D eigenvalue weighted by Crippen LogP contribution is 2.27. The third-order valence-electron chi connectivity index (χ3n) is 2.57. The Morgan fingerprint density at radius 3 is 2.58 bits per heavy atom. The van der Waals surface area contributed by atoms with Crippen molar-refractivity contribution in [2.75, 3.05) is 19.0 Å². The highest BCUT2D eigenvalue weighted by Gasteiger charge is 2.23. The molecule has 0 aliphatic rings. The third kappa shape index (κ3) is 3.19. The van der Waals surface area contributed by atoms with E-state index in [0.717, 1.165) is 12.1 Å². The number of hydrogen-bond acceptors (Lipinski definition) is 6. The topological polar surface area (TPSA) is 119 Å². The number of rotatable bonds is 6. The molecule has 1 aromatic carbocycles. The van der Waals surface area contributed by atoms with Crippen LogP contribution in [0.15, 0.2) is 23.1 Å². The van der Waals surface area contributed by atoms with Crippen molar-refractivity contribution in [3.63, 3.8) is 0 Å². The predicted molar refractivity (Wildman–Crippen MR) is 71.0 cm³/mol. The first kappa shape index (κ1) is 15.3. The van der Waals surface area contributed by atoms with Gasteiger partial charge in [-0.15, -0.1) is 0 Å². The highest BCUT2D eigenvalue weighted by atomic mass is 32.2. The number of sulfonamides is 1. The van der Waals surface area contributed by atoms with E-state index < -0.39 is 14.9 Å². The zero-order chi connectivity index (χ0) is 14.6. The molecular weight excluding hydrogens is 272 g/mol. The second kappa shape index (κ2) is 5.95. The third-order valence-corrected chi connectivity index (χ3v) is 4.42. The van der Waals surface area contributed by atoms with Gasteiger partial charge in [0, 0.05) is 19.7 Å². The standard InChI is InChI=1S/C10H16N4O4S/c1-3-6-13(2)19(17,18)8-4-5-10(14(15)16)9(7-8)12-11/h4-5,7,12H,3,6,11H2,1-2H3. The summed E-state index contributed by atoms with van der Waals surface area (Å²) in [4.78, 5) is 10.1. The minimum absolute atomic E-state index is 0.0398. The number of benzene rings is 1. The maximum absolute atomic E-state index is 12.2. The first-order chi connectivity index (χ1) is 8.84. The number of nitro groups is 1. The molecule has 0 spiro atoms. The largest absolute Gasteiger partial charge is 0.318 e. The van der Waals surface area contributed by atoms with Crippen LogP contribution in [0.4, 0.5) is 11.4 Å². The quantitative estimate of drug-likeness (QED) is 0.456. The summed E-state index contributed by atoms with van der Waals surface area (Å²) in [5.74, 6) is 5.17. The first-order valence-electron chi connectivity index (χ1n) is 5.56. The zero-order valence-corrected chi connectivity index (χ0v) is 11.5. The van der Waals surface area contributed by atoms with Gasteiger partial charge in [0.05, 0.1) is 9.82 Å². The monoisotopic (exact) mass is 288 g/mol. The van der Waals surface area contributed by atoms with Crippen LogP contribution in [-0.2, 0) is 10.0 Å². The molecular formula is C10H16N4O4S. The summed E-state index contributed by atoms with van der Waals surface area (Å²) in [5.41, 5.74) is 1.81. The fourth-order valence-electron chi connectivity index (χ4n) is 1.57. The second-order valence-corrected chi connectivity index (χ2v) is 5.95. The van der Waals surface area contributed by atoms with Crippen LogP contribution in [0.5, 0.6) is 0 Å². The number of nitrogens with two attached hydrogens (primary N) is 1. The van der Waals surface area contributed by atoms with Crippen LogP contribution in [0.2, 0.25) is 0 Å². The average Bonchev–Trinajstić information content (AvgIpc) is 2.37. The molecule has 3 N–H and O–H groups in total. The number of anilines is 1. The van der Waals surface area contributed by atoms with Gasteiger partial charge in [-0.2, -0.15) is 0 Å². The first-order valence-corrected chi connectivity index (χ1v) is 7.00. The van der Waals surface area contributed by atoms with E-state index in [9.17, 15) is 18.5 Å². The van der Waals surface area contributed by atoms with Crippen LogP contribution in [0, 0.1) is 10.1 Å². The van der Waals surface area contributed by atoms with Crippen molar-refractivity contribution in [1.82, 2.24) is 4.31 Å². The lowest BCUT2D eigenvalue weighted by molar-refractivity contribution is -0.384. The molecule has 0 bridgehead atoms. The van der Waals surface area contributed by atoms with Crippen LogP contribution in [0.1, 0.15) is 13.3 Å². The predicted octanol–water partition coefficient (Wildman–Crippen LogP) is 0.911. The number of nitrogens with one attached hydrogen (secondary N) is 1. The van der Waals surface area contributed by atoms with Gasteiger partial charge in [-0.05, 0) is 18.6 Å². The lowest BCUT2D eigenvalue weighted by Gasteiger charge is -2.16. The molecule has 8 nitrogen and oxygen atoms in total. The summed E-state index contributed by atoms with van der Waals surface area (Å²) in [6.07, 6.45) is 0.671. The van der Waals surface area contributed by atoms with Crippen LogP contribution < -0.4 is 11.3 Å². The van der Waals surface area contributed by atoms with Gasteiger partial charge in [-0.3, -0.25) is 16.0 Å². The number of nitrogen functional groups attached to an aromatic ring is 1. The maximum Gasteiger partial charge on any atom is 0.293 e. The van der Waals surface area contributed by atoms with Gasteiger partial charge in [-0.25, -0.2) is 12.7 Å². The zero-order valence-electron chi connectivity index (χ0n) is 10.7. The molecule has 0 aliphatic heterocycles. The lowest BCUT2D eigenvalue weighted by atomic mass is 10.3. The Hall–Kier alpha value is -1.71. The molecule has 0 amide bonds. The molecule has 106 valence electrons. The molecule has 0 aliphatic carbocycles. The number of hydrogen-bond donors (Lipinski definition) is 2. The Kier molecular flexibility index (Phi) is 4.81. The molecule has 0 saturated carbocycles. The summed E-state index contributed by atoms with van der Waals surface area (Å²) in [6, 6.07) is 3.46. The number of nitro benzene ring substituents is 1. The van der Waals surface area contributed by atoms with Crippen LogP contribution in [0.3, 0.4) is 0 Å². The molecule has 0 fully saturated rings. The maximum atomic E-state index is 12.2. The smallest absolute Gasteiger partial charge is 0.293 e. The molecule has 19 heavy (non-hydrogen) atoms. The van der Waals surface area contributed by atoms with E-state index in [2.05, 4.69) is 5.43 Å². The van der Waals surface area contributed by atoms with E-state index >= 15 is 0 Å². The molecule has 0 aromatic heterocycles. The summed E-state index contributed by atoms with van der Waals surface area (Å²) in [6.45, 7) is 2.22. The van der Waals surface area contributed by atoms with Gasteiger partial charge in [0.25, 0.3) is 5.69 Å². The van der Waals surface area contributed by atoms with Gasteiger partial charge in [-0.1, -0.05) is 6.92 Å². The van der Waals surface area contributed by atoms with Crippen molar-refractivity contribution in [2.24, 2.45) is 5.84 Å². The Morgan fingerprint density at radius 1 is 1.47 bits per heavy atom. The summed E-state index contributed by atoms with van der Waals surface area (Å²) >= 11 is 0. The summed E-state index contributed by atoms with van der Waals surface area (Å²) < 4.78 is 25.5. The van der Waals surface area contributed by atoms with Gasteiger partial charge in [0.2, 0.25) is 10.0 Å². The Balaban J connectivity index is 3.26.